The highest BCUT2D eigenvalue weighted by Gasteiger charge is 2.36. The van der Waals surface area contributed by atoms with Gasteiger partial charge in [-0.1, -0.05) is 26.2 Å². The summed E-state index contributed by atoms with van der Waals surface area (Å²) in [4.78, 5) is 26.1. The lowest BCUT2D eigenvalue weighted by atomic mass is 9.79. The number of hydrogen-bond acceptors (Lipinski definition) is 4. The molecule has 1 saturated carbocycles. The molecule has 1 N–H and O–H groups in total. The summed E-state index contributed by atoms with van der Waals surface area (Å²) >= 11 is 0. The van der Waals surface area contributed by atoms with E-state index in [1.165, 1.54) is 26.4 Å². The number of rotatable bonds is 9. The molecule has 1 amide bonds. The van der Waals surface area contributed by atoms with Gasteiger partial charge in [-0.3, -0.25) is 9.59 Å². The zero-order valence-electron chi connectivity index (χ0n) is 15.8. The van der Waals surface area contributed by atoms with E-state index in [1.807, 2.05) is 13.8 Å². The van der Waals surface area contributed by atoms with Gasteiger partial charge in [-0.05, 0) is 45.4 Å². The molecule has 0 bridgehead atoms. The van der Waals surface area contributed by atoms with E-state index < -0.39 is 5.54 Å². The van der Waals surface area contributed by atoms with E-state index in [1.54, 1.807) is 4.90 Å². The fourth-order valence-corrected chi connectivity index (χ4v) is 3.51. The van der Waals surface area contributed by atoms with Crippen molar-refractivity contribution in [1.82, 2.24) is 4.90 Å². The van der Waals surface area contributed by atoms with Crippen molar-refractivity contribution in [2.75, 3.05) is 20.3 Å². The largest absolute Gasteiger partial charge is 0.469 e. The summed E-state index contributed by atoms with van der Waals surface area (Å²) in [7, 11) is 1.35. The van der Waals surface area contributed by atoms with Gasteiger partial charge in [0.25, 0.3) is 0 Å². The molecule has 24 heavy (non-hydrogen) atoms. The Morgan fingerprint density at radius 2 is 1.83 bits per heavy atom. The fraction of sp³-hybridized carbons (Fsp3) is 0.895. The van der Waals surface area contributed by atoms with Crippen molar-refractivity contribution in [3.8, 4) is 0 Å². The van der Waals surface area contributed by atoms with Crippen molar-refractivity contribution in [2.24, 2.45) is 11.8 Å². The van der Waals surface area contributed by atoms with Crippen LogP contribution in [0.4, 0.5) is 0 Å². The van der Waals surface area contributed by atoms with Gasteiger partial charge >= 0.3 is 5.97 Å². The van der Waals surface area contributed by atoms with Gasteiger partial charge in [-0.15, -0.1) is 0 Å². The Kier molecular flexibility index (Phi) is 8.74. The van der Waals surface area contributed by atoms with E-state index in [-0.39, 0.29) is 30.8 Å². The summed E-state index contributed by atoms with van der Waals surface area (Å²) in [5, 5.41) is 9.66. The lowest BCUT2D eigenvalue weighted by Crippen LogP contribution is -2.53. The van der Waals surface area contributed by atoms with Crippen LogP contribution in [0.15, 0.2) is 0 Å². The highest BCUT2D eigenvalue weighted by Crippen LogP contribution is 2.34. The molecule has 0 saturated heterocycles. The predicted molar refractivity (Wildman–Crippen MR) is 94.5 cm³/mol. The number of amides is 1. The van der Waals surface area contributed by atoms with E-state index >= 15 is 0 Å². The molecular formula is C19H35NO4. The molecule has 1 rings (SSSR count). The first-order chi connectivity index (χ1) is 11.4. The number of unbranched alkanes of at least 4 members (excludes halogenated alkanes) is 1. The third kappa shape index (κ3) is 6.08. The van der Waals surface area contributed by atoms with Crippen LogP contribution in [-0.4, -0.2) is 47.7 Å². The fourth-order valence-electron chi connectivity index (χ4n) is 3.51. The second-order valence-corrected chi connectivity index (χ2v) is 7.65. The van der Waals surface area contributed by atoms with Crippen LogP contribution in [0.3, 0.4) is 0 Å². The van der Waals surface area contributed by atoms with Gasteiger partial charge in [0.2, 0.25) is 5.91 Å². The summed E-state index contributed by atoms with van der Waals surface area (Å²) in [6, 6.07) is 0. The van der Waals surface area contributed by atoms with Crippen LogP contribution in [-0.2, 0) is 14.3 Å². The number of aliphatic hydroxyl groups excluding tert-OH is 1. The first-order valence-electron chi connectivity index (χ1n) is 9.34. The molecule has 0 aromatic carbocycles. The molecule has 0 heterocycles. The van der Waals surface area contributed by atoms with E-state index in [4.69, 9.17) is 0 Å². The van der Waals surface area contributed by atoms with Gasteiger partial charge < -0.3 is 14.7 Å². The third-order valence-corrected chi connectivity index (χ3v) is 5.31. The molecule has 0 aliphatic heterocycles. The minimum absolute atomic E-state index is 0.0198. The summed E-state index contributed by atoms with van der Waals surface area (Å²) in [6.45, 7) is 6.08. The first kappa shape index (κ1) is 20.9. The highest BCUT2D eigenvalue weighted by molar-refractivity contribution is 5.80. The molecule has 0 radical (unpaired) electrons. The second kappa shape index (κ2) is 10.0. The number of hydrogen-bond donors (Lipinski definition) is 1. The quantitative estimate of drug-likeness (QED) is 0.654. The monoisotopic (exact) mass is 341 g/mol. The van der Waals surface area contributed by atoms with Gasteiger partial charge in [0.1, 0.15) is 0 Å². The van der Waals surface area contributed by atoms with Crippen molar-refractivity contribution in [1.29, 1.82) is 0 Å². The zero-order chi connectivity index (χ0) is 18.2. The minimum Gasteiger partial charge on any atom is -0.469 e. The number of nitrogens with zero attached hydrogens (tertiary/aromatic N) is 1. The maximum absolute atomic E-state index is 13.0. The van der Waals surface area contributed by atoms with Crippen molar-refractivity contribution in [3.63, 3.8) is 0 Å². The van der Waals surface area contributed by atoms with Gasteiger partial charge in [0.15, 0.2) is 0 Å². The maximum atomic E-state index is 13.0. The Morgan fingerprint density at radius 3 is 2.33 bits per heavy atom. The van der Waals surface area contributed by atoms with E-state index in [0.717, 1.165) is 31.6 Å². The average Bonchev–Trinajstić information content (AvgIpc) is 2.59. The minimum atomic E-state index is -0.663. The molecular weight excluding hydrogens is 306 g/mol. The summed E-state index contributed by atoms with van der Waals surface area (Å²) in [5.74, 6) is 0.520. The van der Waals surface area contributed by atoms with Crippen LogP contribution in [0, 0.1) is 11.8 Å². The Hall–Kier alpha value is -1.10. The predicted octanol–water partition coefficient (Wildman–Crippen LogP) is 3.15. The molecule has 1 aliphatic rings. The molecule has 1 aliphatic carbocycles. The Bertz CT molecular complexity index is 400. The first-order valence-corrected chi connectivity index (χ1v) is 9.34. The molecule has 0 spiro atoms. The van der Waals surface area contributed by atoms with Crippen LogP contribution in [0.5, 0.6) is 0 Å². The number of carbonyl (C=O) groups is 2. The van der Waals surface area contributed by atoms with Gasteiger partial charge in [0.05, 0.1) is 25.7 Å². The van der Waals surface area contributed by atoms with Crippen LogP contribution < -0.4 is 0 Å². The van der Waals surface area contributed by atoms with Gasteiger partial charge in [-0.25, -0.2) is 0 Å². The third-order valence-electron chi connectivity index (χ3n) is 5.31. The highest BCUT2D eigenvalue weighted by atomic mass is 16.5. The Balaban J connectivity index is 2.66. The number of carbonyl (C=O) groups excluding carboxylic acids is 2. The van der Waals surface area contributed by atoms with Gasteiger partial charge in [-0.2, -0.15) is 0 Å². The van der Waals surface area contributed by atoms with Crippen LogP contribution in [0.2, 0.25) is 0 Å². The molecule has 0 atom stereocenters. The van der Waals surface area contributed by atoms with E-state index in [9.17, 15) is 14.7 Å². The second-order valence-electron chi connectivity index (χ2n) is 7.65. The van der Waals surface area contributed by atoms with Crippen LogP contribution in [0.25, 0.3) is 0 Å². The molecule has 140 valence electrons. The molecule has 0 unspecified atom stereocenters. The average molecular weight is 341 g/mol. The van der Waals surface area contributed by atoms with E-state index in [2.05, 4.69) is 11.7 Å². The number of ether oxygens (including phenoxy) is 1. The Labute approximate surface area is 146 Å². The van der Waals surface area contributed by atoms with Crippen LogP contribution in [0.1, 0.15) is 72.1 Å². The van der Waals surface area contributed by atoms with Crippen molar-refractivity contribution in [2.45, 2.75) is 77.7 Å². The number of methoxy groups -OCH3 is 1. The smallest absolute Gasteiger partial charge is 0.307 e. The lowest BCUT2D eigenvalue weighted by Gasteiger charge is -2.40. The zero-order valence-corrected chi connectivity index (χ0v) is 15.8. The SMILES string of the molecule is CCCCC1CCC(C(=O)N(CCC(=O)OC)C(C)(C)CO)CC1. The number of esters is 1. The molecule has 0 aromatic heterocycles. The maximum Gasteiger partial charge on any atom is 0.307 e. The van der Waals surface area contributed by atoms with E-state index in [0.29, 0.717) is 6.54 Å². The summed E-state index contributed by atoms with van der Waals surface area (Å²) in [5.41, 5.74) is -0.663. The van der Waals surface area contributed by atoms with Crippen LogP contribution >= 0.6 is 0 Å². The van der Waals surface area contributed by atoms with Crippen molar-refractivity contribution >= 4 is 11.9 Å². The topological polar surface area (TPSA) is 66.8 Å². The number of aliphatic hydroxyl groups is 1. The summed E-state index contributed by atoms with van der Waals surface area (Å²) < 4.78 is 4.68. The molecule has 1 fully saturated rings. The van der Waals surface area contributed by atoms with Crippen molar-refractivity contribution in [3.05, 3.63) is 0 Å². The van der Waals surface area contributed by atoms with Gasteiger partial charge in [0, 0.05) is 12.5 Å². The molecule has 5 nitrogen and oxygen atoms in total. The normalized spacial score (nSPS) is 21.4. The van der Waals surface area contributed by atoms with Crippen molar-refractivity contribution < 1.29 is 19.4 Å². The molecule has 5 heteroatoms. The Morgan fingerprint density at radius 1 is 1.21 bits per heavy atom. The standard InChI is InChI=1S/C19H35NO4/c1-5-6-7-15-8-10-16(11-9-15)18(23)20(19(2,3)14-21)13-12-17(22)24-4/h15-16,21H,5-14H2,1-4H3. The lowest BCUT2D eigenvalue weighted by molar-refractivity contribution is -0.147. The molecule has 0 aromatic rings. The summed E-state index contributed by atoms with van der Waals surface area (Å²) in [6.07, 6.45) is 7.99.